The maximum atomic E-state index is 14.5. The van der Waals surface area contributed by atoms with E-state index in [0.29, 0.717) is 10.1 Å². The molecule has 1 fully saturated rings. The van der Waals surface area contributed by atoms with Crippen molar-refractivity contribution in [1.82, 2.24) is 3.80 Å². The maximum Gasteiger partial charge on any atom is -1.00 e. The first kappa shape index (κ1) is 34.7. The summed E-state index contributed by atoms with van der Waals surface area (Å²) in [5.74, 6) is 0.494. The number of benzene rings is 4. The van der Waals surface area contributed by atoms with E-state index in [0.717, 1.165) is 12.8 Å². The molecule has 2 aliphatic carbocycles. The van der Waals surface area contributed by atoms with Crippen LogP contribution in [-0.4, -0.2) is 12.6 Å². The van der Waals surface area contributed by atoms with Crippen LogP contribution in [0.15, 0.2) is 109 Å². The summed E-state index contributed by atoms with van der Waals surface area (Å²) in [6.07, 6.45) is 13.7. The van der Waals surface area contributed by atoms with Gasteiger partial charge in [0.05, 0.1) is 0 Å². The fourth-order valence-corrected chi connectivity index (χ4v) is 22.4. The molecule has 0 aromatic heterocycles. The average Bonchev–Trinajstić information content (AvgIpc) is 3.36. The molecule has 0 heterocycles. The van der Waals surface area contributed by atoms with E-state index < -0.39 is 24.0 Å². The number of halogens is 2. The molecule has 6 heteroatoms. The van der Waals surface area contributed by atoms with Crippen LogP contribution in [0, 0.1) is 5.92 Å². The van der Waals surface area contributed by atoms with Crippen LogP contribution in [-0.2, 0) is 22.2 Å². The zero-order valence-corrected chi connectivity index (χ0v) is 29.8. The van der Waals surface area contributed by atoms with Gasteiger partial charge in [-0.2, -0.15) is 0 Å². The third-order valence-corrected chi connectivity index (χ3v) is 23.0. The van der Waals surface area contributed by atoms with Crippen molar-refractivity contribution in [3.63, 3.8) is 0 Å². The minimum absolute atomic E-state index is 0. The van der Waals surface area contributed by atoms with E-state index in [2.05, 4.69) is 113 Å². The molecule has 44 heavy (non-hydrogen) atoms. The molecule has 6 rings (SSSR count). The summed E-state index contributed by atoms with van der Waals surface area (Å²) in [5.41, 5.74) is 5.57. The van der Waals surface area contributed by atoms with Crippen LogP contribution in [0.3, 0.4) is 0 Å². The van der Waals surface area contributed by atoms with Crippen LogP contribution in [0.1, 0.15) is 86.0 Å². The summed E-state index contributed by atoms with van der Waals surface area (Å²) < 4.78 is 4.31. The van der Waals surface area contributed by atoms with Gasteiger partial charge < -0.3 is 24.8 Å². The number of carbonyl (C=O) groups excluding carboxylic acids is 1. The Morgan fingerprint density at radius 2 is 0.932 bits per heavy atom. The van der Waals surface area contributed by atoms with E-state index in [1.54, 1.807) is 0 Å². The van der Waals surface area contributed by atoms with Crippen molar-refractivity contribution >= 4 is 22.9 Å². The molecule has 0 radical (unpaired) electrons. The van der Waals surface area contributed by atoms with Crippen molar-refractivity contribution < 1.29 is 47.0 Å². The van der Waals surface area contributed by atoms with Gasteiger partial charge in [-0.1, -0.05) is 0 Å². The minimum atomic E-state index is -2.38. The smallest absolute Gasteiger partial charge is 1.00 e. The first-order valence-corrected chi connectivity index (χ1v) is 22.4. The molecule has 0 aliphatic heterocycles. The van der Waals surface area contributed by atoms with Crippen LogP contribution >= 0.6 is 0 Å². The molecule has 0 unspecified atom stereocenters. The number of hydrogen-bond acceptors (Lipinski definition) is 1. The molecular formula is C38H44Cl2NOSiTi. The molecular weight excluding hydrogens is 633 g/mol. The average molecular weight is 678 g/mol. The van der Waals surface area contributed by atoms with Crippen molar-refractivity contribution in [2.75, 3.05) is 0 Å². The Morgan fingerprint density at radius 1 is 0.545 bits per heavy atom. The van der Waals surface area contributed by atoms with E-state index in [-0.39, 0.29) is 30.7 Å². The fourth-order valence-electron chi connectivity index (χ4n) is 7.31. The summed E-state index contributed by atoms with van der Waals surface area (Å²) in [4.78, 5) is 14.5. The minimum Gasteiger partial charge on any atom is -1.00 e. The number of hydrogen-bond donors (Lipinski definition) is 1. The van der Waals surface area contributed by atoms with E-state index in [4.69, 9.17) is 0 Å². The molecule has 2 nitrogen and oxygen atoms in total. The van der Waals surface area contributed by atoms with Crippen LogP contribution in [0.4, 0.5) is 0 Å². The predicted octanol–water partition coefficient (Wildman–Crippen LogP) is 1.87. The Kier molecular flexibility index (Phi) is 13.8. The number of fused-ring (bicyclic) bond motifs is 3. The van der Waals surface area contributed by atoms with Gasteiger partial charge in [0.1, 0.15) is 0 Å². The molecule has 0 bridgehead atoms. The van der Waals surface area contributed by atoms with Crippen molar-refractivity contribution in [2.24, 2.45) is 5.92 Å². The number of rotatable bonds is 6. The van der Waals surface area contributed by atoms with Crippen molar-refractivity contribution in [1.29, 1.82) is 0 Å². The fraction of sp³-hybridized carbons (Fsp3) is 0.342. The first-order valence-electron chi connectivity index (χ1n) is 16.3. The summed E-state index contributed by atoms with van der Waals surface area (Å²) in [5, 5.41) is 2.92. The van der Waals surface area contributed by atoms with Gasteiger partial charge in [0.15, 0.2) is 0 Å². The Balaban J connectivity index is 0.00000221. The van der Waals surface area contributed by atoms with Crippen LogP contribution in [0.2, 0.25) is 0 Å². The molecule has 4 aromatic carbocycles. The maximum absolute atomic E-state index is 14.5. The van der Waals surface area contributed by atoms with Gasteiger partial charge in [-0.25, -0.2) is 0 Å². The molecule has 1 N–H and O–H groups in total. The molecule has 0 saturated heterocycles. The molecule has 0 spiro atoms. The van der Waals surface area contributed by atoms with E-state index in [1.807, 2.05) is 0 Å². The summed E-state index contributed by atoms with van der Waals surface area (Å²) >= 11 is -2.38. The van der Waals surface area contributed by atoms with Gasteiger partial charge in [0, 0.05) is 0 Å². The van der Waals surface area contributed by atoms with E-state index in [1.165, 1.54) is 90.4 Å². The van der Waals surface area contributed by atoms with E-state index >= 15 is 0 Å². The summed E-state index contributed by atoms with van der Waals surface area (Å²) in [7, 11) is 0. The topological polar surface area (TPSA) is 29.1 Å². The zero-order chi connectivity index (χ0) is 28.6. The predicted molar refractivity (Wildman–Crippen MR) is 175 cm³/mol. The van der Waals surface area contributed by atoms with Gasteiger partial charge in [-0.3, -0.25) is 0 Å². The van der Waals surface area contributed by atoms with Crippen LogP contribution in [0.25, 0.3) is 11.1 Å². The normalized spacial score (nSPS) is 15.8. The monoisotopic (exact) mass is 676 g/mol. The largest absolute Gasteiger partial charge is 1.00 e. The molecule has 1 saturated carbocycles. The Labute approximate surface area is 284 Å². The Bertz CT molecular complexity index is 1350. The Morgan fingerprint density at radius 3 is 1.39 bits per heavy atom. The van der Waals surface area contributed by atoms with Crippen LogP contribution in [0.5, 0.6) is 0 Å². The second-order valence-corrected chi connectivity index (χ2v) is 22.4. The number of carbonyl (C=O) groups is 1. The SMILES string of the molecule is O=C([NH][Ti+2]([CH]1c2ccccc2-c2ccccc21)[SiH](c1ccccc1)c1ccccc1)C1CCCCCCCCCCC1.[Cl-].[Cl-]. The molecule has 1 amide bonds. The van der Waals surface area contributed by atoms with Gasteiger partial charge >= 0.3 is 261 Å². The van der Waals surface area contributed by atoms with E-state index in [9.17, 15) is 4.79 Å². The molecule has 4 aromatic rings. The molecule has 2 aliphatic rings. The van der Waals surface area contributed by atoms with Gasteiger partial charge in [-0.05, 0) is 0 Å². The van der Waals surface area contributed by atoms with Crippen LogP contribution < -0.4 is 39.0 Å². The summed E-state index contributed by atoms with van der Waals surface area (Å²) in [6.45, 7) is -1.76. The number of nitrogens with one attached hydrogen (secondary N) is 1. The van der Waals surface area contributed by atoms with Crippen molar-refractivity contribution in [2.45, 2.75) is 74.9 Å². The molecule has 0 atom stereocenters. The molecule has 229 valence electrons. The van der Waals surface area contributed by atoms with Crippen molar-refractivity contribution in [3.05, 3.63) is 120 Å². The van der Waals surface area contributed by atoms with Gasteiger partial charge in [-0.15, -0.1) is 0 Å². The number of amides is 1. The zero-order valence-electron chi connectivity index (χ0n) is 25.6. The standard InChI is InChI=1S/C13H25NO.C13H9.C12H11Si.2ClH.Ti/c14-13(15)12-10-8-6-4-2-1-3-5-7-9-11-12;1-3-7-12-10(5-1)9-11-6-2-4-8-13(11)12;1-3-7-11(8-4-1)13-12-9-5-2-6-10-12;;;/h12H,1-11H2,(H2,14,15);1-9H;1-10,13H;2*1H;/q;;;;;+3/p-3. The third kappa shape index (κ3) is 8.17. The quantitative estimate of drug-likeness (QED) is 0.311. The van der Waals surface area contributed by atoms with Gasteiger partial charge in [0.2, 0.25) is 0 Å². The Hall–Kier alpha value is -2.14. The van der Waals surface area contributed by atoms with Crippen molar-refractivity contribution in [3.8, 4) is 11.1 Å². The first-order chi connectivity index (χ1) is 20.8. The third-order valence-electron chi connectivity index (χ3n) is 9.47. The second kappa shape index (κ2) is 17.5. The summed E-state index contributed by atoms with van der Waals surface area (Å²) in [6, 6.07) is 40.4. The van der Waals surface area contributed by atoms with Gasteiger partial charge in [0.25, 0.3) is 0 Å². The second-order valence-electron chi connectivity index (χ2n) is 12.3.